The van der Waals surface area contributed by atoms with Crippen LogP contribution in [0.5, 0.6) is 5.75 Å². The van der Waals surface area contributed by atoms with Gasteiger partial charge in [-0.25, -0.2) is 9.78 Å². The Kier molecular flexibility index (Phi) is 3.61. The first kappa shape index (κ1) is 14.8. The molecule has 1 aliphatic rings. The molecule has 3 rings (SSSR count). The molecule has 1 amide bonds. The maximum atomic E-state index is 12.6. The van der Waals surface area contributed by atoms with E-state index >= 15 is 0 Å². The molecule has 0 saturated heterocycles. The maximum absolute atomic E-state index is 12.6. The van der Waals surface area contributed by atoms with Gasteiger partial charge in [0.25, 0.3) is 5.91 Å². The van der Waals surface area contributed by atoms with Gasteiger partial charge in [0.2, 0.25) is 0 Å². The molecule has 2 atom stereocenters. The van der Waals surface area contributed by atoms with Gasteiger partial charge < -0.3 is 15.6 Å². The predicted molar refractivity (Wildman–Crippen MR) is 83.0 cm³/mol. The van der Waals surface area contributed by atoms with Crippen molar-refractivity contribution < 1.29 is 19.4 Å². The van der Waals surface area contributed by atoms with Crippen LogP contribution in [-0.4, -0.2) is 28.1 Å². The SMILES string of the molecule is CC1Oc2ccc(N)nc2N(C(C(=O)O)c2ccccc2)C1=O. The maximum Gasteiger partial charge on any atom is 0.331 e. The number of aromatic nitrogens is 1. The number of carboxylic acids is 1. The van der Waals surface area contributed by atoms with Crippen molar-refractivity contribution in [2.45, 2.75) is 19.1 Å². The number of aliphatic carboxylic acids is 1. The zero-order chi connectivity index (χ0) is 16.6. The number of benzene rings is 1. The molecule has 2 unspecified atom stereocenters. The Morgan fingerprint density at radius 3 is 2.65 bits per heavy atom. The van der Waals surface area contributed by atoms with E-state index in [-0.39, 0.29) is 11.6 Å². The molecule has 1 aromatic heterocycles. The Balaban J connectivity index is 2.17. The summed E-state index contributed by atoms with van der Waals surface area (Å²) < 4.78 is 5.49. The zero-order valence-corrected chi connectivity index (χ0v) is 12.3. The van der Waals surface area contributed by atoms with Gasteiger partial charge in [-0.3, -0.25) is 9.69 Å². The first-order valence-electron chi connectivity index (χ1n) is 7.03. The zero-order valence-electron chi connectivity index (χ0n) is 12.3. The second kappa shape index (κ2) is 5.60. The highest BCUT2D eigenvalue weighted by atomic mass is 16.5. The summed E-state index contributed by atoms with van der Waals surface area (Å²) in [6.45, 7) is 1.57. The van der Waals surface area contributed by atoms with Gasteiger partial charge in [0.1, 0.15) is 5.82 Å². The van der Waals surface area contributed by atoms with Crippen LogP contribution in [0.4, 0.5) is 11.6 Å². The van der Waals surface area contributed by atoms with Crippen molar-refractivity contribution in [3.05, 3.63) is 48.0 Å². The van der Waals surface area contributed by atoms with E-state index in [9.17, 15) is 14.7 Å². The Labute approximate surface area is 132 Å². The van der Waals surface area contributed by atoms with Gasteiger partial charge >= 0.3 is 5.97 Å². The molecule has 23 heavy (non-hydrogen) atoms. The second-order valence-corrected chi connectivity index (χ2v) is 5.18. The fourth-order valence-electron chi connectivity index (χ4n) is 2.54. The summed E-state index contributed by atoms with van der Waals surface area (Å²) in [6.07, 6.45) is -0.807. The number of nitrogens with two attached hydrogens (primary N) is 1. The van der Waals surface area contributed by atoms with Crippen molar-refractivity contribution in [1.29, 1.82) is 0 Å². The highest BCUT2D eigenvalue weighted by Gasteiger charge is 2.41. The number of hydrogen-bond donors (Lipinski definition) is 2. The molecule has 0 aliphatic carbocycles. The quantitative estimate of drug-likeness (QED) is 0.891. The Bertz CT molecular complexity index is 763. The summed E-state index contributed by atoms with van der Waals surface area (Å²) in [5, 5.41) is 9.68. The van der Waals surface area contributed by atoms with Crippen LogP contribution >= 0.6 is 0 Å². The van der Waals surface area contributed by atoms with Crippen LogP contribution in [0.1, 0.15) is 18.5 Å². The molecule has 0 spiro atoms. The third-order valence-electron chi connectivity index (χ3n) is 3.59. The minimum Gasteiger partial charge on any atom is -0.479 e. The number of amides is 1. The molecule has 2 aromatic rings. The van der Waals surface area contributed by atoms with Gasteiger partial charge in [-0.1, -0.05) is 30.3 Å². The number of ether oxygens (including phenoxy) is 1. The molecular weight excluding hydrogens is 298 g/mol. The number of hydrogen-bond acceptors (Lipinski definition) is 5. The lowest BCUT2D eigenvalue weighted by Crippen LogP contribution is -2.49. The largest absolute Gasteiger partial charge is 0.479 e. The van der Waals surface area contributed by atoms with Crippen molar-refractivity contribution in [3.63, 3.8) is 0 Å². The van der Waals surface area contributed by atoms with Crippen molar-refractivity contribution in [3.8, 4) is 5.75 Å². The van der Waals surface area contributed by atoms with E-state index in [1.807, 2.05) is 0 Å². The Morgan fingerprint density at radius 1 is 1.30 bits per heavy atom. The summed E-state index contributed by atoms with van der Waals surface area (Å²) >= 11 is 0. The molecule has 7 nitrogen and oxygen atoms in total. The highest BCUT2D eigenvalue weighted by Crippen LogP contribution is 2.38. The van der Waals surface area contributed by atoms with E-state index < -0.39 is 24.0 Å². The number of rotatable bonds is 3. The number of pyridine rings is 1. The number of nitrogens with zero attached hydrogens (tertiary/aromatic N) is 2. The summed E-state index contributed by atoms with van der Waals surface area (Å²) in [6, 6.07) is 10.4. The normalized spacial score (nSPS) is 18.0. The van der Waals surface area contributed by atoms with Gasteiger partial charge in [0.05, 0.1) is 0 Å². The van der Waals surface area contributed by atoms with Gasteiger partial charge in [-0.2, -0.15) is 0 Å². The average Bonchev–Trinajstić information content (AvgIpc) is 2.53. The van der Waals surface area contributed by atoms with Gasteiger partial charge in [-0.15, -0.1) is 0 Å². The fraction of sp³-hybridized carbons (Fsp3) is 0.188. The lowest BCUT2D eigenvalue weighted by molar-refractivity contribution is -0.141. The minimum atomic E-state index is -1.21. The molecule has 2 heterocycles. The number of carbonyl (C=O) groups excluding carboxylic acids is 1. The summed E-state index contributed by atoms with van der Waals surface area (Å²) in [5.41, 5.74) is 6.16. The molecule has 0 fully saturated rings. The fourth-order valence-corrected chi connectivity index (χ4v) is 2.54. The molecule has 0 bridgehead atoms. The molecular formula is C16H15N3O4. The number of anilines is 2. The first-order chi connectivity index (χ1) is 11.0. The number of carboxylic acid groups (broad SMARTS) is 1. The van der Waals surface area contributed by atoms with Crippen LogP contribution in [0.2, 0.25) is 0 Å². The smallest absolute Gasteiger partial charge is 0.331 e. The molecule has 118 valence electrons. The monoisotopic (exact) mass is 313 g/mol. The first-order valence-corrected chi connectivity index (χ1v) is 7.03. The minimum absolute atomic E-state index is 0.115. The van der Waals surface area contributed by atoms with Crippen molar-refractivity contribution in [2.24, 2.45) is 0 Å². The third kappa shape index (κ3) is 2.57. The van der Waals surface area contributed by atoms with E-state index in [0.29, 0.717) is 11.3 Å². The molecule has 1 aliphatic heterocycles. The lowest BCUT2D eigenvalue weighted by atomic mass is 10.0. The van der Waals surface area contributed by atoms with E-state index in [0.717, 1.165) is 4.90 Å². The second-order valence-electron chi connectivity index (χ2n) is 5.18. The van der Waals surface area contributed by atoms with Crippen LogP contribution in [0, 0.1) is 0 Å². The van der Waals surface area contributed by atoms with Crippen LogP contribution in [0.25, 0.3) is 0 Å². The number of nitrogen functional groups attached to an aromatic ring is 1. The number of carbonyl (C=O) groups is 2. The van der Waals surface area contributed by atoms with Crippen molar-refractivity contribution in [1.82, 2.24) is 4.98 Å². The van der Waals surface area contributed by atoms with Crippen LogP contribution in [0.3, 0.4) is 0 Å². The summed E-state index contributed by atoms with van der Waals surface area (Å²) in [4.78, 5) is 29.7. The van der Waals surface area contributed by atoms with Crippen LogP contribution < -0.4 is 15.4 Å². The van der Waals surface area contributed by atoms with Gasteiger partial charge in [0.15, 0.2) is 23.7 Å². The topological polar surface area (TPSA) is 106 Å². The lowest BCUT2D eigenvalue weighted by Gasteiger charge is -2.35. The predicted octanol–water partition coefficient (Wildman–Crippen LogP) is 1.60. The van der Waals surface area contributed by atoms with Crippen molar-refractivity contribution >= 4 is 23.5 Å². The Morgan fingerprint density at radius 2 is 2.00 bits per heavy atom. The van der Waals surface area contributed by atoms with Crippen LogP contribution in [0.15, 0.2) is 42.5 Å². The van der Waals surface area contributed by atoms with Gasteiger partial charge in [-0.05, 0) is 24.6 Å². The van der Waals surface area contributed by atoms with E-state index in [4.69, 9.17) is 10.5 Å². The Hall–Kier alpha value is -3.09. The summed E-state index contributed by atoms with van der Waals surface area (Å²) in [7, 11) is 0. The molecule has 1 aromatic carbocycles. The van der Waals surface area contributed by atoms with E-state index in [2.05, 4.69) is 4.98 Å². The molecule has 7 heteroatoms. The van der Waals surface area contributed by atoms with Crippen molar-refractivity contribution in [2.75, 3.05) is 10.6 Å². The van der Waals surface area contributed by atoms with E-state index in [1.54, 1.807) is 43.3 Å². The molecule has 3 N–H and O–H groups in total. The summed E-state index contributed by atoms with van der Waals surface area (Å²) in [5.74, 6) is -1.02. The average molecular weight is 313 g/mol. The van der Waals surface area contributed by atoms with Gasteiger partial charge in [0, 0.05) is 0 Å². The third-order valence-corrected chi connectivity index (χ3v) is 3.59. The van der Waals surface area contributed by atoms with Crippen LogP contribution in [-0.2, 0) is 9.59 Å². The number of fused-ring (bicyclic) bond motifs is 1. The molecule has 0 saturated carbocycles. The molecule has 0 radical (unpaired) electrons. The van der Waals surface area contributed by atoms with E-state index in [1.165, 1.54) is 6.07 Å². The highest BCUT2D eigenvalue weighted by molar-refractivity contribution is 6.03. The standard InChI is InChI=1S/C16H15N3O4/c1-9-15(20)19(14-11(23-9)7-8-12(17)18-14)13(16(21)22)10-5-3-2-4-6-10/h2-9,13H,1H3,(H2,17,18)(H,21,22).